The Morgan fingerprint density at radius 1 is 1.12 bits per heavy atom. The first kappa shape index (κ1) is 16.0. The molecular formula is C19H17N5O2. The van der Waals surface area contributed by atoms with Gasteiger partial charge in [0.05, 0.1) is 34.6 Å². The van der Waals surface area contributed by atoms with Gasteiger partial charge in [-0.25, -0.2) is 10.1 Å². The average molecular weight is 347 g/mol. The fourth-order valence-electron chi connectivity index (χ4n) is 3.00. The number of hydrogen-bond acceptors (Lipinski definition) is 4. The van der Waals surface area contributed by atoms with Crippen LogP contribution >= 0.6 is 0 Å². The minimum Gasteiger partial charge on any atom is -0.346 e. The van der Waals surface area contributed by atoms with E-state index in [0.29, 0.717) is 22.3 Å². The predicted molar refractivity (Wildman–Crippen MR) is 98.7 cm³/mol. The van der Waals surface area contributed by atoms with Crippen LogP contribution in [0, 0.1) is 0 Å². The zero-order valence-electron chi connectivity index (χ0n) is 14.1. The van der Waals surface area contributed by atoms with E-state index in [4.69, 9.17) is 0 Å². The number of carbonyl (C=O) groups excluding carboxylic acids is 1. The van der Waals surface area contributed by atoms with E-state index in [2.05, 4.69) is 25.5 Å². The van der Waals surface area contributed by atoms with E-state index in [0.717, 1.165) is 11.0 Å². The van der Waals surface area contributed by atoms with E-state index in [9.17, 15) is 9.59 Å². The van der Waals surface area contributed by atoms with Crippen molar-refractivity contribution in [3.05, 3.63) is 70.4 Å². The third-order valence-electron chi connectivity index (χ3n) is 4.30. The van der Waals surface area contributed by atoms with E-state index in [-0.39, 0.29) is 23.9 Å². The Labute approximate surface area is 148 Å². The molecule has 0 saturated carbocycles. The van der Waals surface area contributed by atoms with E-state index in [1.807, 2.05) is 37.3 Å². The van der Waals surface area contributed by atoms with Crippen LogP contribution in [-0.4, -0.2) is 26.1 Å². The Hall–Kier alpha value is -3.48. The normalized spacial score (nSPS) is 12.3. The number of carbonyl (C=O) groups is 1. The molecule has 7 nitrogen and oxygen atoms in total. The zero-order chi connectivity index (χ0) is 18.1. The van der Waals surface area contributed by atoms with E-state index in [1.54, 1.807) is 18.2 Å². The smallest absolute Gasteiger partial charge is 0.272 e. The van der Waals surface area contributed by atoms with Gasteiger partial charge in [0.2, 0.25) is 5.91 Å². The number of aromatic nitrogens is 4. The fourth-order valence-corrected chi connectivity index (χ4v) is 3.00. The number of para-hydroxylation sites is 2. The van der Waals surface area contributed by atoms with Crippen molar-refractivity contribution in [2.24, 2.45) is 0 Å². The van der Waals surface area contributed by atoms with Gasteiger partial charge in [0.1, 0.15) is 5.82 Å². The molecule has 0 radical (unpaired) electrons. The maximum atomic E-state index is 12.5. The summed E-state index contributed by atoms with van der Waals surface area (Å²) in [6.45, 7) is 1.87. The molecule has 3 N–H and O–H groups in total. The fraction of sp³-hybridized carbons (Fsp3) is 0.158. The van der Waals surface area contributed by atoms with Gasteiger partial charge in [-0.3, -0.25) is 9.59 Å². The van der Waals surface area contributed by atoms with Crippen molar-refractivity contribution in [2.75, 3.05) is 0 Å². The lowest BCUT2D eigenvalue weighted by Gasteiger charge is -2.11. The molecule has 4 rings (SSSR count). The first-order valence-corrected chi connectivity index (χ1v) is 8.32. The largest absolute Gasteiger partial charge is 0.346 e. The summed E-state index contributed by atoms with van der Waals surface area (Å²) in [7, 11) is 0. The average Bonchev–Trinajstić information content (AvgIpc) is 3.09. The molecule has 2 aromatic carbocycles. The molecule has 0 aliphatic heterocycles. The molecule has 1 amide bonds. The van der Waals surface area contributed by atoms with Crippen molar-refractivity contribution < 1.29 is 4.79 Å². The lowest BCUT2D eigenvalue weighted by Crippen LogP contribution is -2.29. The van der Waals surface area contributed by atoms with E-state index >= 15 is 0 Å². The Bertz CT molecular complexity index is 1130. The standard InChI is InChI=1S/C19H17N5O2/c1-11(18-21-14-8-4-5-9-15(14)22-18)20-17(25)10-16-12-6-2-3-7-13(12)19(26)24-23-16/h2-9,11H,10H2,1H3,(H,20,25)(H,21,22)(H,24,26)/t11-/m0/s1. The summed E-state index contributed by atoms with van der Waals surface area (Å²) in [6, 6.07) is 14.6. The van der Waals surface area contributed by atoms with Gasteiger partial charge in [0.15, 0.2) is 0 Å². The third kappa shape index (κ3) is 2.95. The molecule has 0 unspecified atom stereocenters. The molecular weight excluding hydrogens is 330 g/mol. The van der Waals surface area contributed by atoms with Crippen molar-refractivity contribution in [3.63, 3.8) is 0 Å². The molecule has 0 bridgehead atoms. The van der Waals surface area contributed by atoms with Gasteiger partial charge in [-0.15, -0.1) is 0 Å². The highest BCUT2D eigenvalue weighted by Crippen LogP contribution is 2.16. The summed E-state index contributed by atoms with van der Waals surface area (Å²) in [5.41, 5.74) is 2.06. The highest BCUT2D eigenvalue weighted by Gasteiger charge is 2.16. The van der Waals surface area contributed by atoms with Gasteiger partial charge in [-0.2, -0.15) is 5.10 Å². The minimum atomic E-state index is -0.274. The number of fused-ring (bicyclic) bond motifs is 2. The molecule has 0 spiro atoms. The summed E-state index contributed by atoms with van der Waals surface area (Å²) in [5.74, 6) is 0.501. The van der Waals surface area contributed by atoms with Gasteiger partial charge in [0.25, 0.3) is 5.56 Å². The minimum absolute atomic E-state index is 0.0713. The second-order valence-corrected chi connectivity index (χ2v) is 6.15. The summed E-state index contributed by atoms with van der Waals surface area (Å²) >= 11 is 0. The summed E-state index contributed by atoms with van der Waals surface area (Å²) in [6.07, 6.45) is 0.0713. The maximum Gasteiger partial charge on any atom is 0.272 e. The van der Waals surface area contributed by atoms with Crippen LogP contribution in [0.2, 0.25) is 0 Å². The van der Waals surface area contributed by atoms with Crippen molar-refractivity contribution in [2.45, 2.75) is 19.4 Å². The predicted octanol–water partition coefficient (Wildman–Crippen LogP) is 2.22. The molecule has 26 heavy (non-hydrogen) atoms. The highest BCUT2D eigenvalue weighted by atomic mass is 16.1. The molecule has 2 aromatic heterocycles. The SMILES string of the molecule is C[C@H](NC(=O)Cc1n[nH]c(=O)c2ccccc12)c1nc2ccccc2[nH]1. The molecule has 0 saturated heterocycles. The number of rotatable bonds is 4. The zero-order valence-corrected chi connectivity index (χ0v) is 14.1. The first-order valence-electron chi connectivity index (χ1n) is 8.32. The number of H-pyrrole nitrogens is 2. The second-order valence-electron chi connectivity index (χ2n) is 6.15. The number of nitrogens with zero attached hydrogens (tertiary/aromatic N) is 2. The topological polar surface area (TPSA) is 104 Å². The molecule has 0 aliphatic rings. The van der Waals surface area contributed by atoms with Crippen molar-refractivity contribution in [3.8, 4) is 0 Å². The Morgan fingerprint density at radius 2 is 1.85 bits per heavy atom. The second kappa shape index (κ2) is 6.44. The molecule has 4 aromatic rings. The number of hydrogen-bond donors (Lipinski definition) is 3. The lowest BCUT2D eigenvalue weighted by molar-refractivity contribution is -0.121. The summed E-state index contributed by atoms with van der Waals surface area (Å²) in [5, 5.41) is 10.6. The Kier molecular flexibility index (Phi) is 3.96. The molecule has 0 fully saturated rings. The third-order valence-corrected chi connectivity index (χ3v) is 4.30. The van der Waals surface area contributed by atoms with Gasteiger partial charge in [0, 0.05) is 5.39 Å². The Balaban J connectivity index is 1.54. The monoisotopic (exact) mass is 347 g/mol. The molecule has 0 aliphatic carbocycles. The number of benzene rings is 2. The lowest BCUT2D eigenvalue weighted by atomic mass is 10.1. The van der Waals surface area contributed by atoms with Crippen molar-refractivity contribution >= 4 is 27.7 Å². The quantitative estimate of drug-likeness (QED) is 0.526. The van der Waals surface area contributed by atoms with Crippen LogP contribution in [0.4, 0.5) is 0 Å². The van der Waals surface area contributed by atoms with Crippen LogP contribution < -0.4 is 10.9 Å². The van der Waals surface area contributed by atoms with Gasteiger partial charge >= 0.3 is 0 Å². The number of imidazole rings is 1. The number of amides is 1. The number of aromatic amines is 2. The van der Waals surface area contributed by atoms with Crippen LogP contribution in [0.5, 0.6) is 0 Å². The van der Waals surface area contributed by atoms with Gasteiger partial charge in [-0.1, -0.05) is 30.3 Å². The molecule has 2 heterocycles. The van der Waals surface area contributed by atoms with Crippen LogP contribution in [-0.2, 0) is 11.2 Å². The van der Waals surface area contributed by atoms with Crippen LogP contribution in [0.25, 0.3) is 21.8 Å². The van der Waals surface area contributed by atoms with E-state index < -0.39 is 0 Å². The van der Waals surface area contributed by atoms with Gasteiger partial charge < -0.3 is 10.3 Å². The summed E-state index contributed by atoms with van der Waals surface area (Å²) in [4.78, 5) is 32.0. The van der Waals surface area contributed by atoms with Crippen LogP contribution in [0.3, 0.4) is 0 Å². The van der Waals surface area contributed by atoms with Crippen molar-refractivity contribution in [1.29, 1.82) is 0 Å². The molecule has 7 heteroatoms. The highest BCUT2D eigenvalue weighted by molar-refractivity contribution is 5.88. The first-order chi connectivity index (χ1) is 12.6. The molecule has 1 atom stereocenters. The number of nitrogens with one attached hydrogen (secondary N) is 3. The van der Waals surface area contributed by atoms with E-state index in [1.165, 1.54) is 0 Å². The van der Waals surface area contributed by atoms with Crippen LogP contribution in [0.15, 0.2) is 53.3 Å². The van der Waals surface area contributed by atoms with Crippen molar-refractivity contribution in [1.82, 2.24) is 25.5 Å². The maximum absolute atomic E-state index is 12.5. The summed E-state index contributed by atoms with van der Waals surface area (Å²) < 4.78 is 0. The van der Waals surface area contributed by atoms with Crippen LogP contribution in [0.1, 0.15) is 24.5 Å². The Morgan fingerprint density at radius 3 is 2.65 bits per heavy atom. The molecule has 130 valence electrons. The van der Waals surface area contributed by atoms with Gasteiger partial charge in [-0.05, 0) is 25.1 Å².